The average molecular weight is 425 g/mol. The molecule has 0 bridgehead atoms. The summed E-state index contributed by atoms with van der Waals surface area (Å²) in [4.78, 5) is 19.7. The lowest BCUT2D eigenvalue weighted by molar-refractivity contribution is 0.762. The number of hydrogen-bond donors (Lipinski definition) is 0. The number of pyridine rings is 1. The second-order valence-corrected chi connectivity index (χ2v) is 7.66. The van der Waals surface area contributed by atoms with Crippen molar-refractivity contribution < 1.29 is 0 Å². The Hall–Kier alpha value is -2.74. The number of anilines is 1. The molecule has 3 aromatic heterocycles. The molecular weight excluding hydrogens is 408 g/mol. The van der Waals surface area contributed by atoms with Crippen LogP contribution in [-0.4, -0.2) is 37.2 Å². The van der Waals surface area contributed by atoms with Crippen molar-refractivity contribution in [2.75, 3.05) is 18.0 Å². The molecule has 1 aliphatic heterocycles. The molecule has 0 radical (unpaired) electrons. The van der Waals surface area contributed by atoms with Crippen LogP contribution in [0.2, 0.25) is 0 Å². The zero-order valence-electron chi connectivity index (χ0n) is 14.5. The zero-order chi connectivity index (χ0) is 18.4. The molecule has 4 heterocycles. The smallest absolute Gasteiger partial charge is 0.263 e. The van der Waals surface area contributed by atoms with Gasteiger partial charge >= 0.3 is 0 Å². The first-order valence-corrected chi connectivity index (χ1v) is 9.73. The molecule has 0 unspecified atom stereocenters. The quantitative estimate of drug-likeness (QED) is 0.505. The molecule has 0 spiro atoms. The van der Waals surface area contributed by atoms with E-state index in [0.29, 0.717) is 17.7 Å². The van der Waals surface area contributed by atoms with E-state index in [1.165, 1.54) is 0 Å². The predicted octanol–water partition coefficient (Wildman–Crippen LogP) is 2.85. The van der Waals surface area contributed by atoms with Gasteiger partial charge < -0.3 is 4.90 Å². The predicted molar refractivity (Wildman–Crippen MR) is 107 cm³/mol. The summed E-state index contributed by atoms with van der Waals surface area (Å²) >= 11 is 3.49. The van der Waals surface area contributed by atoms with Gasteiger partial charge in [-0.05, 0) is 42.7 Å². The van der Waals surface area contributed by atoms with Crippen molar-refractivity contribution in [3.8, 4) is 0 Å². The third kappa shape index (κ3) is 2.71. The van der Waals surface area contributed by atoms with E-state index in [9.17, 15) is 4.79 Å². The second-order valence-electron chi connectivity index (χ2n) is 6.74. The third-order valence-corrected chi connectivity index (χ3v) is 5.49. The molecule has 136 valence electrons. The maximum atomic E-state index is 13.3. The second kappa shape index (κ2) is 6.45. The molecule has 1 fully saturated rings. The Labute approximate surface area is 163 Å². The van der Waals surface area contributed by atoms with Gasteiger partial charge in [0.05, 0.1) is 17.4 Å². The highest BCUT2D eigenvalue weighted by Crippen LogP contribution is 2.25. The summed E-state index contributed by atoms with van der Waals surface area (Å²) in [6.07, 6.45) is 5.79. The van der Waals surface area contributed by atoms with Crippen molar-refractivity contribution in [3.05, 3.63) is 63.1 Å². The van der Waals surface area contributed by atoms with Gasteiger partial charge in [-0.25, -0.2) is 4.40 Å². The van der Waals surface area contributed by atoms with Gasteiger partial charge in [0.15, 0.2) is 0 Å². The summed E-state index contributed by atoms with van der Waals surface area (Å²) in [5.74, 6) is 1.36. The minimum absolute atomic E-state index is 0.0805. The van der Waals surface area contributed by atoms with Crippen LogP contribution in [0.4, 0.5) is 5.95 Å². The molecule has 0 N–H and O–H groups in total. The summed E-state index contributed by atoms with van der Waals surface area (Å²) in [6, 6.07) is 9.59. The van der Waals surface area contributed by atoms with Crippen LogP contribution in [0.25, 0.3) is 16.7 Å². The molecule has 0 aliphatic carbocycles. The molecule has 27 heavy (non-hydrogen) atoms. The van der Waals surface area contributed by atoms with E-state index in [1.54, 1.807) is 17.0 Å². The van der Waals surface area contributed by atoms with Crippen molar-refractivity contribution in [1.29, 1.82) is 0 Å². The Morgan fingerprint density at radius 1 is 1.11 bits per heavy atom. The van der Waals surface area contributed by atoms with Gasteiger partial charge in [0.25, 0.3) is 5.56 Å². The molecular formula is C19H17BrN6O. The molecule has 1 aliphatic rings. The van der Waals surface area contributed by atoms with Crippen LogP contribution in [0.3, 0.4) is 0 Å². The van der Waals surface area contributed by atoms with Gasteiger partial charge in [-0.1, -0.05) is 22.0 Å². The number of hydrogen-bond acceptors (Lipinski definition) is 5. The maximum absolute atomic E-state index is 13.3. The Kier molecular flexibility index (Phi) is 3.93. The van der Waals surface area contributed by atoms with Crippen LogP contribution in [0.15, 0.2) is 52.0 Å². The fourth-order valence-corrected chi connectivity index (χ4v) is 4.07. The van der Waals surface area contributed by atoms with Gasteiger partial charge in [0.2, 0.25) is 11.7 Å². The van der Waals surface area contributed by atoms with E-state index >= 15 is 0 Å². The van der Waals surface area contributed by atoms with Crippen molar-refractivity contribution >= 4 is 38.6 Å². The van der Waals surface area contributed by atoms with Gasteiger partial charge in [-0.2, -0.15) is 0 Å². The lowest BCUT2D eigenvalue weighted by Crippen LogP contribution is -2.26. The minimum atomic E-state index is -0.0805. The fourth-order valence-electron chi connectivity index (χ4n) is 3.71. The topological polar surface area (TPSA) is 68.3 Å². The van der Waals surface area contributed by atoms with E-state index in [0.717, 1.165) is 47.4 Å². The molecule has 1 aromatic carbocycles. The summed E-state index contributed by atoms with van der Waals surface area (Å²) < 4.78 is 4.55. The molecule has 7 nitrogen and oxygen atoms in total. The number of aromatic nitrogens is 5. The van der Waals surface area contributed by atoms with E-state index in [-0.39, 0.29) is 5.56 Å². The monoisotopic (exact) mass is 424 g/mol. The number of fused-ring (bicyclic) bond motifs is 3. The molecule has 0 atom stereocenters. The normalized spacial score (nSPS) is 14.5. The van der Waals surface area contributed by atoms with Crippen LogP contribution in [0.5, 0.6) is 0 Å². The standard InChI is InChI=1S/C19H17BrN6O/c20-14-5-6-16-15(10-14)17(27)25(12-13-4-3-7-21-11-13)19-23-22-18(26(16)19)24-8-1-2-9-24/h3-7,10-11H,1-2,8-9,12H2. The summed E-state index contributed by atoms with van der Waals surface area (Å²) in [5, 5.41) is 9.48. The molecule has 4 aromatic rings. The molecule has 5 rings (SSSR count). The van der Waals surface area contributed by atoms with Crippen molar-refractivity contribution in [2.45, 2.75) is 19.4 Å². The first kappa shape index (κ1) is 16.4. The van der Waals surface area contributed by atoms with Crippen molar-refractivity contribution in [1.82, 2.24) is 24.1 Å². The van der Waals surface area contributed by atoms with E-state index in [1.807, 2.05) is 34.7 Å². The van der Waals surface area contributed by atoms with E-state index in [4.69, 9.17) is 0 Å². The van der Waals surface area contributed by atoms with E-state index < -0.39 is 0 Å². The van der Waals surface area contributed by atoms with E-state index in [2.05, 4.69) is 36.0 Å². The molecule has 1 saturated heterocycles. The number of halogens is 1. The van der Waals surface area contributed by atoms with Crippen LogP contribution in [-0.2, 0) is 6.54 Å². The first-order valence-electron chi connectivity index (χ1n) is 8.93. The zero-order valence-corrected chi connectivity index (χ0v) is 16.1. The van der Waals surface area contributed by atoms with Gasteiger partial charge in [-0.15, -0.1) is 10.2 Å². The fraction of sp³-hybridized carbons (Fsp3) is 0.263. The maximum Gasteiger partial charge on any atom is 0.263 e. The number of benzene rings is 1. The highest BCUT2D eigenvalue weighted by atomic mass is 79.9. The highest BCUT2D eigenvalue weighted by molar-refractivity contribution is 9.10. The van der Waals surface area contributed by atoms with Crippen molar-refractivity contribution in [2.24, 2.45) is 0 Å². The third-order valence-electron chi connectivity index (χ3n) is 5.00. The summed E-state index contributed by atoms with van der Waals surface area (Å²) in [7, 11) is 0. The van der Waals surface area contributed by atoms with Gasteiger partial charge in [-0.3, -0.25) is 14.3 Å². The van der Waals surface area contributed by atoms with Crippen LogP contribution in [0, 0.1) is 0 Å². The van der Waals surface area contributed by atoms with Crippen LogP contribution in [0.1, 0.15) is 18.4 Å². The van der Waals surface area contributed by atoms with Gasteiger partial charge in [0, 0.05) is 30.0 Å². The van der Waals surface area contributed by atoms with Crippen LogP contribution < -0.4 is 10.5 Å². The minimum Gasteiger partial charge on any atom is -0.341 e. The van der Waals surface area contributed by atoms with Crippen LogP contribution >= 0.6 is 15.9 Å². The molecule has 8 heteroatoms. The Balaban J connectivity index is 1.82. The lowest BCUT2D eigenvalue weighted by atomic mass is 10.2. The summed E-state index contributed by atoms with van der Waals surface area (Å²) in [6.45, 7) is 2.32. The largest absolute Gasteiger partial charge is 0.341 e. The Bertz CT molecular complexity index is 1190. The number of rotatable bonds is 3. The SMILES string of the molecule is O=c1c2cc(Br)ccc2n2c(N3CCCC3)nnc2n1Cc1cccnc1. The first-order chi connectivity index (χ1) is 13.2. The Morgan fingerprint density at radius 2 is 1.96 bits per heavy atom. The molecule has 0 saturated carbocycles. The number of nitrogens with zero attached hydrogens (tertiary/aromatic N) is 6. The molecule has 0 amide bonds. The van der Waals surface area contributed by atoms with Crippen molar-refractivity contribution in [3.63, 3.8) is 0 Å². The average Bonchev–Trinajstić information content (AvgIpc) is 3.35. The Morgan fingerprint density at radius 3 is 2.74 bits per heavy atom. The van der Waals surface area contributed by atoms with Gasteiger partial charge in [0.1, 0.15) is 0 Å². The summed E-state index contributed by atoms with van der Waals surface area (Å²) in [5.41, 5.74) is 1.69. The highest BCUT2D eigenvalue weighted by Gasteiger charge is 2.22. The lowest BCUT2D eigenvalue weighted by Gasteiger charge is -2.17.